The maximum absolute atomic E-state index is 2.71. The number of allylic oxidation sites excluding steroid dienone is 1. The summed E-state index contributed by atoms with van der Waals surface area (Å²) in [6.07, 6.45) is 4.88. The van der Waals surface area contributed by atoms with Gasteiger partial charge in [-0.25, -0.2) is 0 Å². The highest BCUT2D eigenvalue weighted by Crippen LogP contribution is 2.59. The summed E-state index contributed by atoms with van der Waals surface area (Å²) in [5.74, 6) is 1.32. The van der Waals surface area contributed by atoms with Crippen LogP contribution in [0.4, 0.5) is 11.4 Å². The van der Waals surface area contributed by atoms with Crippen LogP contribution >= 0.6 is 11.8 Å². The average molecular weight is 506 g/mol. The summed E-state index contributed by atoms with van der Waals surface area (Å²) in [4.78, 5) is 2.59. The monoisotopic (exact) mass is 505 g/mol. The lowest BCUT2D eigenvalue weighted by Gasteiger charge is -2.34. The van der Waals surface area contributed by atoms with Crippen molar-refractivity contribution in [2.75, 3.05) is 10.7 Å². The second-order valence-corrected chi connectivity index (χ2v) is 11.8. The summed E-state index contributed by atoms with van der Waals surface area (Å²) >= 11 is 1.96. The summed E-state index contributed by atoms with van der Waals surface area (Å²) in [6, 6.07) is 34.3. The Labute approximate surface area is 224 Å². The highest BCUT2D eigenvalue weighted by atomic mass is 32.2. The van der Waals surface area contributed by atoms with Crippen molar-refractivity contribution in [2.24, 2.45) is 0 Å². The molecule has 3 aliphatic heterocycles. The molecule has 0 spiro atoms. The average Bonchev–Trinajstić information content (AvgIpc) is 3.71. The SMILES string of the molecule is C1=CC2C3c4c(ccc5c6ccccc6n(c45)C4=CSCC4n4c3c1c1ccccc14)N2c1ccccc1. The van der Waals surface area contributed by atoms with Gasteiger partial charge >= 0.3 is 0 Å². The van der Waals surface area contributed by atoms with Gasteiger partial charge in [0.2, 0.25) is 0 Å². The van der Waals surface area contributed by atoms with E-state index in [0.29, 0.717) is 6.04 Å². The first kappa shape index (κ1) is 19.9. The first-order valence-electron chi connectivity index (χ1n) is 13.4. The van der Waals surface area contributed by atoms with Crippen LogP contribution in [0.25, 0.3) is 44.5 Å². The van der Waals surface area contributed by atoms with E-state index in [2.05, 4.69) is 123 Å². The lowest BCUT2D eigenvalue weighted by atomic mass is 9.83. The van der Waals surface area contributed by atoms with Gasteiger partial charge in [-0.3, -0.25) is 0 Å². The van der Waals surface area contributed by atoms with Gasteiger partial charge in [0, 0.05) is 55.6 Å². The molecule has 38 heavy (non-hydrogen) atoms. The molecule has 4 aliphatic rings. The van der Waals surface area contributed by atoms with Crippen molar-refractivity contribution in [3.63, 3.8) is 0 Å². The molecule has 180 valence electrons. The fourth-order valence-corrected chi connectivity index (χ4v) is 8.89. The number of para-hydroxylation sites is 3. The van der Waals surface area contributed by atoms with Crippen LogP contribution in [-0.2, 0) is 0 Å². The van der Waals surface area contributed by atoms with Gasteiger partial charge in [0.05, 0.1) is 34.7 Å². The predicted molar refractivity (Wildman–Crippen MR) is 160 cm³/mol. The van der Waals surface area contributed by atoms with Gasteiger partial charge in [-0.1, -0.05) is 72.8 Å². The largest absolute Gasteiger partial charge is 0.333 e. The van der Waals surface area contributed by atoms with Crippen LogP contribution in [0.3, 0.4) is 0 Å². The lowest BCUT2D eigenvalue weighted by molar-refractivity contribution is 0.601. The number of thioether (sulfide) groups is 1. The van der Waals surface area contributed by atoms with Crippen molar-refractivity contribution in [1.82, 2.24) is 9.13 Å². The number of anilines is 2. The zero-order chi connectivity index (χ0) is 24.5. The summed E-state index contributed by atoms with van der Waals surface area (Å²) in [5, 5.41) is 6.51. The van der Waals surface area contributed by atoms with Crippen LogP contribution in [0, 0.1) is 0 Å². The molecule has 4 heteroatoms. The normalized spacial score (nSPS) is 22.3. The van der Waals surface area contributed by atoms with Gasteiger partial charge in [0.1, 0.15) is 0 Å². The van der Waals surface area contributed by atoms with E-state index >= 15 is 0 Å². The van der Waals surface area contributed by atoms with Crippen molar-refractivity contribution < 1.29 is 0 Å². The van der Waals surface area contributed by atoms with Crippen molar-refractivity contribution in [3.05, 3.63) is 119 Å². The number of nitrogens with zero attached hydrogens (tertiary/aromatic N) is 3. The molecule has 3 unspecified atom stereocenters. The van der Waals surface area contributed by atoms with E-state index in [-0.39, 0.29) is 12.0 Å². The van der Waals surface area contributed by atoms with Gasteiger partial charge in [0.15, 0.2) is 0 Å². The van der Waals surface area contributed by atoms with Crippen LogP contribution in [-0.4, -0.2) is 20.9 Å². The molecular formula is C34H23N3S. The summed E-state index contributed by atoms with van der Waals surface area (Å²) < 4.78 is 5.34. The number of rotatable bonds is 1. The molecule has 4 aromatic carbocycles. The van der Waals surface area contributed by atoms with Gasteiger partial charge < -0.3 is 14.0 Å². The van der Waals surface area contributed by atoms with Crippen LogP contribution in [0.1, 0.15) is 28.8 Å². The third-order valence-corrected chi connectivity index (χ3v) is 10.1. The first-order valence-corrected chi connectivity index (χ1v) is 14.5. The first-order chi connectivity index (χ1) is 18.9. The molecule has 0 amide bonds. The van der Waals surface area contributed by atoms with E-state index in [1.54, 1.807) is 0 Å². The molecule has 0 N–H and O–H groups in total. The highest BCUT2D eigenvalue weighted by molar-refractivity contribution is 8.02. The number of benzene rings is 4. The maximum atomic E-state index is 2.71. The standard InChI is InChI=1S/C34H23N3S/c1-2-8-20(9-3-1)35-27-16-14-23-21-10-4-6-12-25(21)36-29-18-38-19-30(29)37-26-13-7-5-11-22(26)24-15-17-28(35)32(34(24)37)31(27)33(23)36/h1-18,28,30,32H,19H2. The smallest absolute Gasteiger partial charge is 0.0842 e. The highest BCUT2D eigenvalue weighted by Gasteiger charge is 2.48. The summed E-state index contributed by atoms with van der Waals surface area (Å²) in [5.41, 5.74) is 12.4. The molecule has 1 aliphatic carbocycles. The topological polar surface area (TPSA) is 13.1 Å². The third kappa shape index (κ3) is 2.18. The van der Waals surface area contributed by atoms with Crippen LogP contribution in [0.5, 0.6) is 0 Å². The Morgan fingerprint density at radius 1 is 0.737 bits per heavy atom. The maximum Gasteiger partial charge on any atom is 0.0842 e. The molecule has 0 radical (unpaired) electrons. The van der Waals surface area contributed by atoms with Gasteiger partial charge in [-0.15, -0.1) is 11.8 Å². The number of hydrogen-bond donors (Lipinski definition) is 0. The zero-order valence-electron chi connectivity index (χ0n) is 20.6. The lowest BCUT2D eigenvalue weighted by Crippen LogP contribution is -2.33. The summed E-state index contributed by atoms with van der Waals surface area (Å²) in [6.45, 7) is 0. The molecule has 0 saturated heterocycles. The third-order valence-electron chi connectivity index (χ3n) is 9.21. The molecule has 3 atom stereocenters. The van der Waals surface area contributed by atoms with Crippen LogP contribution in [0.15, 0.2) is 102 Å². The van der Waals surface area contributed by atoms with Crippen LogP contribution in [0.2, 0.25) is 0 Å². The molecule has 3 nitrogen and oxygen atoms in total. The van der Waals surface area contributed by atoms with Crippen molar-refractivity contribution >= 4 is 67.6 Å². The second kappa shape index (κ2) is 6.83. The van der Waals surface area contributed by atoms with E-state index in [4.69, 9.17) is 0 Å². The summed E-state index contributed by atoms with van der Waals surface area (Å²) in [7, 11) is 0. The molecule has 10 rings (SSSR count). The molecular weight excluding hydrogens is 482 g/mol. The van der Waals surface area contributed by atoms with Crippen molar-refractivity contribution in [3.8, 4) is 0 Å². The van der Waals surface area contributed by atoms with E-state index < -0.39 is 0 Å². The fourth-order valence-electron chi connectivity index (χ4n) is 7.86. The van der Waals surface area contributed by atoms with E-state index in [9.17, 15) is 0 Å². The Bertz CT molecular complexity index is 2060. The van der Waals surface area contributed by atoms with Crippen molar-refractivity contribution in [1.29, 1.82) is 0 Å². The Morgan fingerprint density at radius 3 is 2.42 bits per heavy atom. The quantitative estimate of drug-likeness (QED) is 0.222. The van der Waals surface area contributed by atoms with E-state index in [1.807, 2.05) is 11.8 Å². The van der Waals surface area contributed by atoms with Crippen molar-refractivity contribution in [2.45, 2.75) is 18.0 Å². The second-order valence-electron chi connectivity index (χ2n) is 10.9. The minimum Gasteiger partial charge on any atom is -0.333 e. The van der Waals surface area contributed by atoms with Gasteiger partial charge in [0.25, 0.3) is 0 Å². The Kier molecular flexibility index (Phi) is 3.58. The van der Waals surface area contributed by atoms with E-state index in [1.165, 1.54) is 66.6 Å². The van der Waals surface area contributed by atoms with Gasteiger partial charge in [-0.05, 0) is 35.7 Å². The minimum absolute atomic E-state index is 0.236. The molecule has 0 saturated carbocycles. The molecule has 0 fully saturated rings. The van der Waals surface area contributed by atoms with Gasteiger partial charge in [-0.2, -0.15) is 0 Å². The van der Waals surface area contributed by atoms with E-state index in [0.717, 1.165) is 5.75 Å². The zero-order valence-corrected chi connectivity index (χ0v) is 21.4. The molecule has 0 bridgehead atoms. The number of fused-ring (bicyclic) bond motifs is 9. The Hall–Kier alpha value is -4.15. The Morgan fingerprint density at radius 2 is 1.53 bits per heavy atom. The molecule has 2 aromatic heterocycles. The molecule has 5 heterocycles. The minimum atomic E-state index is 0.236. The predicted octanol–water partition coefficient (Wildman–Crippen LogP) is 8.53. The van der Waals surface area contributed by atoms with Crippen LogP contribution < -0.4 is 4.90 Å². The number of hydrogen-bond acceptors (Lipinski definition) is 2. The molecule has 6 aromatic rings. The Balaban J connectivity index is 1.45. The number of aromatic nitrogens is 2. The fraction of sp³-hybridized carbons (Fsp3) is 0.118.